The van der Waals surface area contributed by atoms with Crippen molar-refractivity contribution < 1.29 is 9.18 Å². The molecular formula is C12H8BrFN2O. The van der Waals surface area contributed by atoms with Crippen LogP contribution in [0.3, 0.4) is 0 Å². The predicted octanol–water partition coefficient (Wildman–Crippen LogP) is 3.24. The highest BCUT2D eigenvalue weighted by Gasteiger charge is 2.07. The summed E-state index contributed by atoms with van der Waals surface area (Å²) in [7, 11) is 0. The van der Waals surface area contributed by atoms with E-state index in [1.54, 1.807) is 18.3 Å². The van der Waals surface area contributed by atoms with E-state index in [2.05, 4.69) is 26.2 Å². The quantitative estimate of drug-likeness (QED) is 0.924. The molecule has 0 spiro atoms. The fraction of sp³-hybridized carbons (Fsp3) is 0. The topological polar surface area (TPSA) is 42.0 Å². The van der Waals surface area contributed by atoms with E-state index in [9.17, 15) is 9.18 Å². The molecule has 0 unspecified atom stereocenters. The maximum absolute atomic E-state index is 13.0. The number of rotatable bonds is 2. The fourth-order valence-corrected chi connectivity index (χ4v) is 1.65. The normalized spacial score (nSPS) is 10.0. The summed E-state index contributed by atoms with van der Waals surface area (Å²) in [6.45, 7) is 0. The van der Waals surface area contributed by atoms with Crippen molar-refractivity contribution in [2.45, 2.75) is 0 Å². The summed E-state index contributed by atoms with van der Waals surface area (Å²) in [5.41, 5.74) is 0.972. The number of carbonyl (C=O) groups is 1. The predicted molar refractivity (Wildman–Crippen MR) is 66.3 cm³/mol. The number of nitrogens with zero attached hydrogens (tertiary/aromatic N) is 1. The van der Waals surface area contributed by atoms with Crippen molar-refractivity contribution in [1.82, 2.24) is 4.98 Å². The molecule has 0 radical (unpaired) electrons. The second-order valence-corrected chi connectivity index (χ2v) is 4.18. The average molecular weight is 295 g/mol. The molecule has 1 amide bonds. The lowest BCUT2D eigenvalue weighted by molar-refractivity contribution is 0.102. The number of hydrogen-bond acceptors (Lipinski definition) is 2. The Balaban J connectivity index is 2.16. The van der Waals surface area contributed by atoms with Crippen LogP contribution < -0.4 is 5.32 Å². The molecule has 86 valence electrons. The summed E-state index contributed by atoms with van der Waals surface area (Å²) in [4.78, 5) is 15.6. The highest BCUT2D eigenvalue weighted by atomic mass is 79.9. The van der Waals surface area contributed by atoms with E-state index in [-0.39, 0.29) is 11.7 Å². The lowest BCUT2D eigenvalue weighted by atomic mass is 10.2. The van der Waals surface area contributed by atoms with E-state index in [1.807, 2.05) is 0 Å². The number of amides is 1. The van der Waals surface area contributed by atoms with E-state index >= 15 is 0 Å². The molecule has 2 aromatic rings. The maximum atomic E-state index is 13.0. The van der Waals surface area contributed by atoms with Gasteiger partial charge in [-0.15, -0.1) is 0 Å². The van der Waals surface area contributed by atoms with Crippen molar-refractivity contribution >= 4 is 27.5 Å². The van der Waals surface area contributed by atoms with E-state index in [0.29, 0.717) is 15.7 Å². The largest absolute Gasteiger partial charge is 0.322 e. The van der Waals surface area contributed by atoms with Crippen LogP contribution in [-0.2, 0) is 0 Å². The van der Waals surface area contributed by atoms with Crippen LogP contribution in [0.15, 0.2) is 47.2 Å². The summed E-state index contributed by atoms with van der Waals surface area (Å²) in [6, 6.07) is 7.61. The van der Waals surface area contributed by atoms with Crippen LogP contribution in [0.5, 0.6) is 0 Å². The minimum atomic E-state index is -0.371. The molecule has 0 bridgehead atoms. The zero-order valence-corrected chi connectivity index (χ0v) is 10.2. The number of pyridine rings is 1. The third kappa shape index (κ3) is 2.88. The molecular weight excluding hydrogens is 287 g/mol. The molecule has 0 atom stereocenters. The van der Waals surface area contributed by atoms with Gasteiger partial charge in [-0.05, 0) is 46.3 Å². The summed E-state index contributed by atoms with van der Waals surface area (Å²) < 4.78 is 13.3. The van der Waals surface area contributed by atoms with Gasteiger partial charge in [0.15, 0.2) is 0 Å². The first-order chi connectivity index (χ1) is 8.16. The van der Waals surface area contributed by atoms with Gasteiger partial charge in [0.2, 0.25) is 0 Å². The number of carbonyl (C=O) groups excluding carboxylic acids is 1. The second-order valence-electron chi connectivity index (χ2n) is 3.32. The molecule has 0 saturated carbocycles. The van der Waals surface area contributed by atoms with Gasteiger partial charge < -0.3 is 5.32 Å². The molecule has 0 aliphatic heterocycles. The lowest BCUT2D eigenvalue weighted by Gasteiger charge is -2.05. The molecule has 1 N–H and O–H groups in total. The molecule has 0 aliphatic carbocycles. The molecule has 2 rings (SSSR count). The van der Waals surface area contributed by atoms with Gasteiger partial charge in [-0.3, -0.25) is 9.78 Å². The van der Waals surface area contributed by atoms with E-state index in [0.717, 1.165) is 0 Å². The maximum Gasteiger partial charge on any atom is 0.257 e. The highest BCUT2D eigenvalue weighted by Crippen LogP contribution is 2.20. The molecule has 1 aromatic carbocycles. The van der Waals surface area contributed by atoms with Crippen molar-refractivity contribution in [1.29, 1.82) is 0 Å². The summed E-state index contributed by atoms with van der Waals surface area (Å²) in [5.74, 6) is -0.652. The van der Waals surface area contributed by atoms with Crippen molar-refractivity contribution in [3.8, 4) is 0 Å². The Morgan fingerprint density at radius 2 is 2.18 bits per heavy atom. The van der Waals surface area contributed by atoms with Crippen LogP contribution in [0.25, 0.3) is 0 Å². The van der Waals surface area contributed by atoms with Gasteiger partial charge in [-0.1, -0.05) is 0 Å². The van der Waals surface area contributed by atoms with E-state index in [1.165, 1.54) is 24.4 Å². The van der Waals surface area contributed by atoms with Crippen molar-refractivity contribution in [3.63, 3.8) is 0 Å². The van der Waals surface area contributed by atoms with Crippen LogP contribution in [0.2, 0.25) is 0 Å². The Kier molecular flexibility index (Phi) is 3.49. The molecule has 3 nitrogen and oxygen atoms in total. The van der Waals surface area contributed by atoms with Gasteiger partial charge in [-0.25, -0.2) is 4.39 Å². The summed E-state index contributed by atoms with van der Waals surface area (Å²) >= 11 is 3.05. The molecule has 1 heterocycles. The van der Waals surface area contributed by atoms with Gasteiger partial charge in [0, 0.05) is 18.1 Å². The number of nitrogens with one attached hydrogen (secondary N) is 1. The SMILES string of the molecule is O=C(Nc1ccc(F)c(Br)c1)c1cccnc1. The van der Waals surface area contributed by atoms with Crippen LogP contribution in [0.4, 0.5) is 10.1 Å². The van der Waals surface area contributed by atoms with Crippen LogP contribution in [0.1, 0.15) is 10.4 Å². The fourth-order valence-electron chi connectivity index (χ4n) is 1.27. The van der Waals surface area contributed by atoms with Crippen LogP contribution >= 0.6 is 15.9 Å². The van der Waals surface area contributed by atoms with Crippen LogP contribution in [0, 0.1) is 5.82 Å². The van der Waals surface area contributed by atoms with Gasteiger partial charge in [0.1, 0.15) is 5.82 Å². The smallest absolute Gasteiger partial charge is 0.257 e. The Labute approximate surface area is 106 Å². The van der Waals surface area contributed by atoms with Crippen molar-refractivity contribution in [3.05, 3.63) is 58.6 Å². The van der Waals surface area contributed by atoms with Gasteiger partial charge in [0.25, 0.3) is 5.91 Å². The third-order valence-corrected chi connectivity index (χ3v) is 2.71. The minimum absolute atomic E-state index is 0.281. The molecule has 0 aliphatic rings. The molecule has 17 heavy (non-hydrogen) atoms. The van der Waals surface area contributed by atoms with E-state index in [4.69, 9.17) is 0 Å². The zero-order chi connectivity index (χ0) is 12.3. The number of hydrogen-bond donors (Lipinski definition) is 1. The van der Waals surface area contributed by atoms with Gasteiger partial charge in [-0.2, -0.15) is 0 Å². The standard InChI is InChI=1S/C12H8BrFN2O/c13-10-6-9(3-4-11(10)14)16-12(17)8-2-1-5-15-7-8/h1-7H,(H,16,17). The molecule has 0 saturated heterocycles. The highest BCUT2D eigenvalue weighted by molar-refractivity contribution is 9.10. The average Bonchev–Trinajstić information content (AvgIpc) is 2.35. The molecule has 0 fully saturated rings. The number of halogens is 2. The minimum Gasteiger partial charge on any atom is -0.322 e. The van der Waals surface area contributed by atoms with Crippen molar-refractivity contribution in [2.24, 2.45) is 0 Å². The van der Waals surface area contributed by atoms with Crippen molar-refractivity contribution in [2.75, 3.05) is 5.32 Å². The Hall–Kier alpha value is -1.75. The second kappa shape index (κ2) is 5.05. The summed E-state index contributed by atoms with van der Waals surface area (Å²) in [5, 5.41) is 2.65. The van der Waals surface area contributed by atoms with E-state index < -0.39 is 0 Å². The third-order valence-electron chi connectivity index (χ3n) is 2.10. The number of aromatic nitrogens is 1. The number of anilines is 1. The first-order valence-corrected chi connectivity index (χ1v) is 5.62. The lowest BCUT2D eigenvalue weighted by Crippen LogP contribution is -2.11. The first-order valence-electron chi connectivity index (χ1n) is 4.83. The monoisotopic (exact) mass is 294 g/mol. The molecule has 5 heteroatoms. The van der Waals surface area contributed by atoms with Gasteiger partial charge >= 0.3 is 0 Å². The zero-order valence-electron chi connectivity index (χ0n) is 8.65. The Morgan fingerprint density at radius 1 is 1.35 bits per heavy atom. The number of benzene rings is 1. The Bertz CT molecular complexity index is 545. The Morgan fingerprint density at radius 3 is 2.82 bits per heavy atom. The van der Waals surface area contributed by atoms with Gasteiger partial charge in [0.05, 0.1) is 10.0 Å². The summed E-state index contributed by atoms with van der Waals surface area (Å²) in [6.07, 6.45) is 3.05. The molecule has 1 aromatic heterocycles. The first kappa shape index (κ1) is 11.7. The van der Waals surface area contributed by atoms with Crippen LogP contribution in [-0.4, -0.2) is 10.9 Å².